The zero-order valence-electron chi connectivity index (χ0n) is 8.18. The molecule has 0 saturated carbocycles. The molecular weight excluding hydrogens is 170 g/mol. The van der Waals surface area contributed by atoms with Crippen molar-refractivity contribution in [3.63, 3.8) is 0 Å². The zero-order valence-corrected chi connectivity index (χ0v) is 8.99. The van der Waals surface area contributed by atoms with Gasteiger partial charge in [0.25, 0.3) is 0 Å². The predicted octanol–water partition coefficient (Wildman–Crippen LogP) is 2.00. The maximum absolute atomic E-state index is 11.0. The van der Waals surface area contributed by atoms with E-state index in [-0.39, 0.29) is 16.6 Å². The van der Waals surface area contributed by atoms with Gasteiger partial charge in [-0.25, -0.2) is 0 Å². The Labute approximate surface area is 78.5 Å². The molecule has 1 aliphatic heterocycles. The number of rotatable bonds is 2. The van der Waals surface area contributed by atoms with Crippen LogP contribution in [0, 0.1) is 5.92 Å². The molecule has 1 heterocycles. The highest BCUT2D eigenvalue weighted by molar-refractivity contribution is 8.01. The van der Waals surface area contributed by atoms with Crippen LogP contribution in [0.3, 0.4) is 0 Å². The minimum atomic E-state index is 0.222. The van der Waals surface area contributed by atoms with Crippen molar-refractivity contribution in [2.75, 3.05) is 0 Å². The summed E-state index contributed by atoms with van der Waals surface area (Å²) in [5.41, 5.74) is 0. The van der Waals surface area contributed by atoms with Crippen LogP contribution >= 0.6 is 11.8 Å². The Morgan fingerprint density at radius 1 is 1.50 bits per heavy atom. The largest absolute Gasteiger partial charge is 0.343 e. The van der Waals surface area contributed by atoms with Gasteiger partial charge in [-0.15, -0.1) is 11.8 Å². The number of β-lactam (4-membered cyclic amide) rings is 1. The molecule has 3 heteroatoms. The van der Waals surface area contributed by atoms with Gasteiger partial charge in [0.05, 0.1) is 11.3 Å². The lowest BCUT2D eigenvalue weighted by Gasteiger charge is -2.39. The van der Waals surface area contributed by atoms with Crippen molar-refractivity contribution in [3.05, 3.63) is 0 Å². The lowest BCUT2D eigenvalue weighted by Crippen LogP contribution is -2.56. The second kappa shape index (κ2) is 3.29. The Hall–Kier alpha value is -0.180. The number of amides is 1. The van der Waals surface area contributed by atoms with E-state index >= 15 is 0 Å². The molecule has 70 valence electrons. The Morgan fingerprint density at radius 3 is 2.42 bits per heavy atom. The first kappa shape index (κ1) is 9.90. The van der Waals surface area contributed by atoms with Crippen LogP contribution in [0.2, 0.25) is 0 Å². The van der Waals surface area contributed by atoms with Crippen LogP contribution in [0.15, 0.2) is 0 Å². The topological polar surface area (TPSA) is 29.1 Å². The lowest BCUT2D eigenvalue weighted by molar-refractivity contribution is -0.132. The van der Waals surface area contributed by atoms with Gasteiger partial charge in [0.2, 0.25) is 5.91 Å². The summed E-state index contributed by atoms with van der Waals surface area (Å²) < 4.78 is 0.242. The summed E-state index contributed by atoms with van der Waals surface area (Å²) in [4.78, 5) is 11.0. The highest BCUT2D eigenvalue weighted by Gasteiger charge is 2.40. The van der Waals surface area contributed by atoms with Gasteiger partial charge in [-0.1, -0.05) is 27.7 Å². The standard InChI is InChI=1S/C9H17NOS/c1-5-6-7(11)10-8(6)12-9(2,3)4/h6,8H,5H2,1-4H3,(H,10,11)/t6-,8+/m0/s1. The first-order chi connectivity index (χ1) is 5.44. The molecule has 1 amide bonds. The van der Waals surface area contributed by atoms with Gasteiger partial charge in [-0.2, -0.15) is 0 Å². The van der Waals surface area contributed by atoms with Crippen molar-refractivity contribution < 1.29 is 4.79 Å². The van der Waals surface area contributed by atoms with Gasteiger partial charge >= 0.3 is 0 Å². The van der Waals surface area contributed by atoms with E-state index in [1.807, 2.05) is 11.8 Å². The van der Waals surface area contributed by atoms with E-state index in [0.717, 1.165) is 6.42 Å². The molecule has 1 aliphatic rings. The maximum Gasteiger partial charge on any atom is 0.226 e. The van der Waals surface area contributed by atoms with Crippen LogP contribution in [0.25, 0.3) is 0 Å². The summed E-state index contributed by atoms with van der Waals surface area (Å²) in [6, 6.07) is 0. The van der Waals surface area contributed by atoms with Crippen LogP contribution in [0.4, 0.5) is 0 Å². The second-order valence-electron chi connectivity index (χ2n) is 4.17. The molecule has 0 bridgehead atoms. The Bertz CT molecular complexity index is 185. The van der Waals surface area contributed by atoms with Gasteiger partial charge < -0.3 is 5.32 Å². The molecule has 0 aromatic heterocycles. The van der Waals surface area contributed by atoms with Crippen molar-refractivity contribution in [1.82, 2.24) is 5.32 Å². The Balaban J connectivity index is 2.41. The van der Waals surface area contributed by atoms with Gasteiger partial charge in [-0.3, -0.25) is 4.79 Å². The van der Waals surface area contributed by atoms with Crippen LogP contribution < -0.4 is 5.32 Å². The molecule has 2 atom stereocenters. The Morgan fingerprint density at radius 2 is 2.08 bits per heavy atom. The van der Waals surface area contributed by atoms with Crippen LogP contribution in [-0.4, -0.2) is 16.0 Å². The van der Waals surface area contributed by atoms with Crippen LogP contribution in [0.5, 0.6) is 0 Å². The van der Waals surface area contributed by atoms with Gasteiger partial charge in [0.15, 0.2) is 0 Å². The number of carbonyl (C=O) groups excluding carboxylic acids is 1. The third-order valence-corrected chi connectivity index (χ3v) is 3.31. The van der Waals surface area contributed by atoms with E-state index in [0.29, 0.717) is 5.37 Å². The van der Waals surface area contributed by atoms with E-state index in [4.69, 9.17) is 0 Å². The fourth-order valence-electron chi connectivity index (χ4n) is 1.28. The van der Waals surface area contributed by atoms with Gasteiger partial charge in [0.1, 0.15) is 0 Å². The molecule has 1 rings (SSSR count). The third kappa shape index (κ3) is 2.16. The molecule has 12 heavy (non-hydrogen) atoms. The average Bonchev–Trinajstić information content (AvgIpc) is 1.84. The van der Waals surface area contributed by atoms with E-state index in [1.165, 1.54) is 0 Å². The number of thioether (sulfide) groups is 1. The fraction of sp³-hybridized carbons (Fsp3) is 0.889. The highest BCUT2D eigenvalue weighted by atomic mass is 32.2. The van der Waals surface area contributed by atoms with E-state index < -0.39 is 0 Å². The number of hydrogen-bond donors (Lipinski definition) is 1. The minimum Gasteiger partial charge on any atom is -0.343 e. The molecule has 0 aromatic rings. The third-order valence-electron chi connectivity index (χ3n) is 1.91. The van der Waals surface area contributed by atoms with Crippen molar-refractivity contribution >= 4 is 17.7 Å². The first-order valence-corrected chi connectivity index (χ1v) is 5.30. The predicted molar refractivity (Wildman–Crippen MR) is 53.1 cm³/mol. The van der Waals surface area contributed by atoms with Crippen molar-refractivity contribution in [2.24, 2.45) is 5.92 Å². The molecule has 1 N–H and O–H groups in total. The first-order valence-electron chi connectivity index (χ1n) is 4.42. The molecule has 0 aromatic carbocycles. The summed E-state index contributed by atoms with van der Waals surface area (Å²) in [5.74, 6) is 0.466. The molecule has 0 radical (unpaired) electrons. The summed E-state index contributed by atoms with van der Waals surface area (Å²) >= 11 is 1.85. The quantitative estimate of drug-likeness (QED) is 0.670. The second-order valence-corrected chi connectivity index (χ2v) is 6.14. The molecule has 0 aliphatic carbocycles. The molecule has 0 spiro atoms. The number of carbonyl (C=O) groups is 1. The van der Waals surface area contributed by atoms with Crippen molar-refractivity contribution in [2.45, 2.75) is 44.2 Å². The smallest absolute Gasteiger partial charge is 0.226 e. The van der Waals surface area contributed by atoms with Gasteiger partial charge in [-0.05, 0) is 6.42 Å². The number of nitrogens with one attached hydrogen (secondary N) is 1. The van der Waals surface area contributed by atoms with Crippen LogP contribution in [0.1, 0.15) is 34.1 Å². The van der Waals surface area contributed by atoms with Gasteiger partial charge in [0, 0.05) is 4.75 Å². The number of hydrogen-bond acceptors (Lipinski definition) is 2. The molecule has 2 nitrogen and oxygen atoms in total. The highest BCUT2D eigenvalue weighted by Crippen LogP contribution is 2.36. The molecular formula is C9H17NOS. The molecule has 0 unspecified atom stereocenters. The molecule has 1 fully saturated rings. The monoisotopic (exact) mass is 187 g/mol. The van der Waals surface area contributed by atoms with E-state index in [1.54, 1.807) is 0 Å². The van der Waals surface area contributed by atoms with E-state index in [2.05, 4.69) is 33.0 Å². The van der Waals surface area contributed by atoms with Crippen molar-refractivity contribution in [3.8, 4) is 0 Å². The lowest BCUT2D eigenvalue weighted by atomic mass is 9.99. The van der Waals surface area contributed by atoms with Crippen molar-refractivity contribution in [1.29, 1.82) is 0 Å². The maximum atomic E-state index is 11.0. The van der Waals surface area contributed by atoms with E-state index in [9.17, 15) is 4.79 Å². The zero-order chi connectivity index (χ0) is 9.35. The SMILES string of the molecule is CC[C@H]1C(=O)N[C@@H]1SC(C)(C)C. The summed E-state index contributed by atoms with van der Waals surface area (Å²) in [6.07, 6.45) is 0.958. The summed E-state index contributed by atoms with van der Waals surface area (Å²) in [7, 11) is 0. The van der Waals surface area contributed by atoms with Crippen LogP contribution in [-0.2, 0) is 4.79 Å². The minimum absolute atomic E-state index is 0.222. The summed E-state index contributed by atoms with van der Waals surface area (Å²) in [5, 5.41) is 3.27. The molecule has 1 saturated heterocycles. The average molecular weight is 187 g/mol. The Kier molecular flexibility index (Phi) is 2.71. The fourth-order valence-corrected chi connectivity index (χ4v) is 2.70. The summed E-state index contributed by atoms with van der Waals surface area (Å²) in [6.45, 7) is 8.60. The normalized spacial score (nSPS) is 29.5.